The molecule has 0 saturated carbocycles. The van der Waals surface area contributed by atoms with E-state index in [2.05, 4.69) is 4.72 Å². The summed E-state index contributed by atoms with van der Waals surface area (Å²) < 4.78 is 27.2. The summed E-state index contributed by atoms with van der Waals surface area (Å²) in [6, 6.07) is 4.46. The predicted molar refractivity (Wildman–Crippen MR) is 73.3 cm³/mol. The van der Waals surface area contributed by atoms with E-state index in [1.165, 1.54) is 25.2 Å². The molecule has 18 heavy (non-hydrogen) atoms. The SMILES string of the molecule is CN(CCCO)S(=O)(=O)Nc1ccc(Cl)c(Cl)c1. The molecule has 0 spiro atoms. The maximum Gasteiger partial charge on any atom is 0.301 e. The number of hydrogen-bond acceptors (Lipinski definition) is 3. The summed E-state index contributed by atoms with van der Waals surface area (Å²) in [5.74, 6) is 0. The van der Waals surface area contributed by atoms with Crippen LogP contribution >= 0.6 is 23.2 Å². The highest BCUT2D eigenvalue weighted by atomic mass is 35.5. The fourth-order valence-corrected chi connectivity index (χ4v) is 2.45. The van der Waals surface area contributed by atoms with Crippen LogP contribution in [0.3, 0.4) is 0 Å². The molecule has 0 unspecified atom stereocenters. The largest absolute Gasteiger partial charge is 0.396 e. The second-order valence-corrected chi connectivity index (χ2v) is 6.23. The van der Waals surface area contributed by atoms with Crippen LogP contribution in [0.4, 0.5) is 5.69 Å². The summed E-state index contributed by atoms with van der Waals surface area (Å²) in [5.41, 5.74) is 0.334. The Kier molecular flexibility index (Phi) is 5.68. The molecule has 0 fully saturated rings. The smallest absolute Gasteiger partial charge is 0.301 e. The molecule has 0 aliphatic rings. The Morgan fingerprint density at radius 2 is 2.00 bits per heavy atom. The Bertz CT molecular complexity index is 508. The van der Waals surface area contributed by atoms with E-state index in [4.69, 9.17) is 28.3 Å². The van der Waals surface area contributed by atoms with Crippen LogP contribution in [0.2, 0.25) is 10.0 Å². The van der Waals surface area contributed by atoms with Crippen molar-refractivity contribution in [1.82, 2.24) is 4.31 Å². The van der Waals surface area contributed by atoms with E-state index < -0.39 is 10.2 Å². The molecule has 0 aliphatic carbocycles. The van der Waals surface area contributed by atoms with Crippen molar-refractivity contribution in [1.29, 1.82) is 0 Å². The van der Waals surface area contributed by atoms with Crippen LogP contribution < -0.4 is 4.72 Å². The summed E-state index contributed by atoms with van der Waals surface area (Å²) >= 11 is 11.5. The minimum absolute atomic E-state index is 0.0629. The van der Waals surface area contributed by atoms with Crippen molar-refractivity contribution in [3.8, 4) is 0 Å². The number of nitrogens with zero attached hydrogens (tertiary/aromatic N) is 1. The third-order valence-electron chi connectivity index (χ3n) is 2.21. The Labute approximate surface area is 116 Å². The molecular weight excluding hydrogens is 299 g/mol. The van der Waals surface area contributed by atoms with Crippen molar-refractivity contribution in [2.75, 3.05) is 24.9 Å². The molecule has 0 saturated heterocycles. The topological polar surface area (TPSA) is 69.6 Å². The van der Waals surface area contributed by atoms with Crippen molar-refractivity contribution < 1.29 is 13.5 Å². The fraction of sp³-hybridized carbons (Fsp3) is 0.400. The molecule has 0 bridgehead atoms. The second-order valence-electron chi connectivity index (χ2n) is 3.63. The first-order valence-electron chi connectivity index (χ1n) is 5.17. The lowest BCUT2D eigenvalue weighted by atomic mass is 10.3. The maximum absolute atomic E-state index is 11.9. The van der Waals surface area contributed by atoms with Crippen molar-refractivity contribution >= 4 is 39.1 Å². The van der Waals surface area contributed by atoms with Crippen LogP contribution in [0, 0.1) is 0 Å². The Morgan fingerprint density at radius 1 is 1.33 bits per heavy atom. The van der Waals surface area contributed by atoms with Gasteiger partial charge in [-0.05, 0) is 24.6 Å². The van der Waals surface area contributed by atoms with Crippen LogP contribution in [-0.4, -0.2) is 38.0 Å². The van der Waals surface area contributed by atoms with Gasteiger partial charge in [-0.2, -0.15) is 12.7 Å². The highest BCUT2D eigenvalue weighted by Crippen LogP contribution is 2.25. The van der Waals surface area contributed by atoms with Gasteiger partial charge in [0, 0.05) is 20.2 Å². The average Bonchev–Trinajstić information content (AvgIpc) is 2.30. The minimum atomic E-state index is -3.64. The summed E-state index contributed by atoms with van der Waals surface area (Å²) in [4.78, 5) is 0. The second kappa shape index (κ2) is 6.58. The fourth-order valence-electron chi connectivity index (χ4n) is 1.20. The van der Waals surface area contributed by atoms with Crippen LogP contribution in [0.15, 0.2) is 18.2 Å². The lowest BCUT2D eigenvalue weighted by molar-refractivity contribution is 0.276. The molecule has 0 heterocycles. The predicted octanol–water partition coefficient (Wildman–Crippen LogP) is 1.96. The van der Waals surface area contributed by atoms with Crippen LogP contribution in [0.25, 0.3) is 0 Å². The highest BCUT2D eigenvalue weighted by Gasteiger charge is 2.17. The van der Waals surface area contributed by atoms with Gasteiger partial charge in [0.05, 0.1) is 15.7 Å². The van der Waals surface area contributed by atoms with Gasteiger partial charge < -0.3 is 5.11 Å². The van der Waals surface area contributed by atoms with Gasteiger partial charge in [-0.3, -0.25) is 4.72 Å². The van der Waals surface area contributed by atoms with E-state index in [1.807, 2.05) is 0 Å². The molecule has 0 amide bonds. The molecule has 0 radical (unpaired) electrons. The number of hydrogen-bond donors (Lipinski definition) is 2. The first kappa shape index (κ1) is 15.5. The zero-order valence-corrected chi connectivity index (χ0v) is 12.1. The average molecular weight is 313 g/mol. The van der Waals surface area contributed by atoms with Gasteiger partial charge in [0.2, 0.25) is 0 Å². The summed E-state index contributed by atoms with van der Waals surface area (Å²) in [6.07, 6.45) is 0.374. The number of aliphatic hydroxyl groups excluding tert-OH is 1. The molecule has 5 nitrogen and oxygen atoms in total. The van der Waals surface area contributed by atoms with Crippen molar-refractivity contribution in [3.63, 3.8) is 0 Å². The van der Waals surface area contributed by atoms with Gasteiger partial charge in [-0.1, -0.05) is 23.2 Å². The van der Waals surface area contributed by atoms with E-state index in [0.29, 0.717) is 17.1 Å². The van der Waals surface area contributed by atoms with Gasteiger partial charge in [0.15, 0.2) is 0 Å². The standard InChI is InChI=1S/C10H14Cl2N2O3S/c1-14(5-2-6-15)18(16,17)13-8-3-4-9(11)10(12)7-8/h3-4,7,13,15H,2,5-6H2,1H3. The van der Waals surface area contributed by atoms with Gasteiger partial charge in [-0.15, -0.1) is 0 Å². The van der Waals surface area contributed by atoms with E-state index in [0.717, 1.165) is 4.31 Å². The monoisotopic (exact) mass is 312 g/mol. The lowest BCUT2D eigenvalue weighted by Gasteiger charge is -2.18. The zero-order chi connectivity index (χ0) is 13.8. The van der Waals surface area contributed by atoms with Gasteiger partial charge in [0.1, 0.15) is 0 Å². The summed E-state index contributed by atoms with van der Waals surface area (Å²) in [6.45, 7) is 0.166. The van der Waals surface area contributed by atoms with Crippen LogP contribution in [0.1, 0.15) is 6.42 Å². The lowest BCUT2D eigenvalue weighted by Crippen LogP contribution is -2.33. The van der Waals surface area contributed by atoms with Crippen molar-refractivity contribution in [2.24, 2.45) is 0 Å². The number of nitrogens with one attached hydrogen (secondary N) is 1. The van der Waals surface area contributed by atoms with Crippen molar-refractivity contribution in [2.45, 2.75) is 6.42 Å². The molecule has 8 heteroatoms. The number of anilines is 1. The molecule has 1 aromatic carbocycles. The Morgan fingerprint density at radius 3 is 2.56 bits per heavy atom. The number of benzene rings is 1. The van der Waals surface area contributed by atoms with E-state index in [-0.39, 0.29) is 18.2 Å². The summed E-state index contributed by atoms with van der Waals surface area (Å²) in [7, 11) is -2.22. The molecule has 102 valence electrons. The molecule has 0 atom stereocenters. The van der Waals surface area contributed by atoms with E-state index in [1.54, 1.807) is 0 Å². The van der Waals surface area contributed by atoms with E-state index >= 15 is 0 Å². The number of aliphatic hydroxyl groups is 1. The molecule has 2 N–H and O–H groups in total. The first-order valence-corrected chi connectivity index (χ1v) is 7.36. The van der Waals surface area contributed by atoms with Gasteiger partial charge in [-0.25, -0.2) is 0 Å². The van der Waals surface area contributed by atoms with Crippen LogP contribution in [-0.2, 0) is 10.2 Å². The normalized spacial score (nSPS) is 11.8. The van der Waals surface area contributed by atoms with E-state index in [9.17, 15) is 8.42 Å². The molecular formula is C10H14Cl2N2O3S. The Balaban J connectivity index is 2.78. The number of halogens is 2. The first-order chi connectivity index (χ1) is 8.36. The van der Waals surface area contributed by atoms with Gasteiger partial charge >= 0.3 is 10.2 Å². The molecule has 0 aromatic heterocycles. The molecule has 1 rings (SSSR count). The number of rotatable bonds is 6. The van der Waals surface area contributed by atoms with Crippen LogP contribution in [0.5, 0.6) is 0 Å². The third kappa shape index (κ3) is 4.29. The molecule has 0 aliphatic heterocycles. The van der Waals surface area contributed by atoms with Gasteiger partial charge in [0.25, 0.3) is 0 Å². The van der Waals surface area contributed by atoms with Crippen molar-refractivity contribution in [3.05, 3.63) is 28.2 Å². The highest BCUT2D eigenvalue weighted by molar-refractivity contribution is 7.90. The minimum Gasteiger partial charge on any atom is -0.396 e. The summed E-state index contributed by atoms with van der Waals surface area (Å²) in [5, 5.41) is 9.29. The quantitative estimate of drug-likeness (QED) is 0.843. The zero-order valence-electron chi connectivity index (χ0n) is 9.73. The Hall–Kier alpha value is -0.530. The maximum atomic E-state index is 11.9. The third-order valence-corrected chi connectivity index (χ3v) is 4.44. The molecule has 1 aromatic rings.